The molecule has 0 aliphatic carbocycles. The third-order valence-electron chi connectivity index (χ3n) is 1.78. The van der Waals surface area contributed by atoms with Crippen molar-refractivity contribution in [2.45, 2.75) is 6.92 Å². The Morgan fingerprint density at radius 3 is 2.85 bits per heavy atom. The van der Waals surface area contributed by atoms with Crippen LogP contribution in [0.3, 0.4) is 0 Å². The molecular weight excluding hydrogens is 171 g/mol. The molecule has 1 aromatic carbocycles. The van der Waals surface area contributed by atoms with Crippen LogP contribution in [0.2, 0.25) is 0 Å². The Morgan fingerprint density at radius 1 is 1.38 bits per heavy atom. The molecule has 1 aromatic heterocycles. The minimum Gasteiger partial charge on any atom is -0.342 e. The first-order valence-electron chi connectivity index (χ1n) is 3.80. The lowest BCUT2D eigenvalue weighted by Gasteiger charge is -1.97. The molecule has 0 atom stereocenters. The molecule has 3 nitrogen and oxygen atoms in total. The monoisotopic (exact) mass is 178 g/mol. The van der Waals surface area contributed by atoms with E-state index in [4.69, 9.17) is 0 Å². The van der Waals surface area contributed by atoms with Crippen LogP contribution < -0.4 is 0 Å². The minimum absolute atomic E-state index is 0.229. The molecule has 2 rings (SSSR count). The predicted molar refractivity (Wildman–Crippen MR) is 44.4 cm³/mol. The number of aromatic nitrogens is 2. The van der Waals surface area contributed by atoms with Crippen LogP contribution in [0.5, 0.6) is 0 Å². The molecule has 0 amide bonds. The van der Waals surface area contributed by atoms with E-state index < -0.39 is 0 Å². The first kappa shape index (κ1) is 7.91. The van der Waals surface area contributed by atoms with Gasteiger partial charge in [0.15, 0.2) is 0 Å². The fourth-order valence-corrected chi connectivity index (χ4v) is 1.08. The van der Waals surface area contributed by atoms with Crippen LogP contribution >= 0.6 is 0 Å². The summed E-state index contributed by atoms with van der Waals surface area (Å²) in [7, 11) is 0. The molecule has 0 fully saturated rings. The van der Waals surface area contributed by atoms with Crippen LogP contribution in [0.4, 0.5) is 4.39 Å². The largest absolute Gasteiger partial charge is 0.342 e. The van der Waals surface area contributed by atoms with Crippen molar-refractivity contribution >= 4 is 0 Å². The first-order chi connectivity index (χ1) is 6.27. The Kier molecular flexibility index (Phi) is 1.81. The fraction of sp³-hybridized carbons (Fsp3) is 0.111. The van der Waals surface area contributed by atoms with E-state index in [9.17, 15) is 4.39 Å². The Bertz CT molecular complexity index is 412. The minimum atomic E-state index is -0.229. The molecule has 0 spiro atoms. The quantitative estimate of drug-likeness (QED) is 0.671. The van der Waals surface area contributed by atoms with Gasteiger partial charge in [0.05, 0.1) is 0 Å². The number of aryl methyl sites for hydroxylation is 1. The van der Waals surface area contributed by atoms with Gasteiger partial charge in [0.25, 0.3) is 0 Å². The zero-order valence-corrected chi connectivity index (χ0v) is 6.99. The molecular formula is C9H7FN2O. The molecule has 0 bridgehead atoms. The second-order valence-electron chi connectivity index (χ2n) is 2.72. The fourth-order valence-electron chi connectivity index (χ4n) is 1.08. The highest BCUT2D eigenvalue weighted by atomic mass is 19.1. The van der Waals surface area contributed by atoms with Gasteiger partial charge in [-0.15, -0.1) is 0 Å². The first-order valence-corrected chi connectivity index (χ1v) is 3.80. The summed E-state index contributed by atoms with van der Waals surface area (Å²) in [6, 6.07) is 4.69. The predicted octanol–water partition coefficient (Wildman–Crippen LogP) is 2.18. The van der Waals surface area contributed by atoms with Gasteiger partial charge < -0.3 is 4.52 Å². The van der Waals surface area contributed by atoms with E-state index in [-0.39, 0.29) is 5.82 Å². The zero-order valence-electron chi connectivity index (χ0n) is 6.99. The lowest BCUT2D eigenvalue weighted by molar-refractivity contribution is 0.418. The van der Waals surface area contributed by atoms with Gasteiger partial charge in [0, 0.05) is 5.56 Å². The van der Waals surface area contributed by atoms with Crippen molar-refractivity contribution in [2.75, 3.05) is 0 Å². The van der Waals surface area contributed by atoms with E-state index in [1.807, 2.05) is 0 Å². The van der Waals surface area contributed by atoms with Gasteiger partial charge in [-0.1, -0.05) is 5.16 Å². The van der Waals surface area contributed by atoms with Crippen molar-refractivity contribution in [1.82, 2.24) is 10.1 Å². The Hall–Kier alpha value is -1.71. The van der Waals surface area contributed by atoms with E-state index in [1.54, 1.807) is 19.1 Å². The normalized spacial score (nSPS) is 10.3. The van der Waals surface area contributed by atoms with Gasteiger partial charge >= 0.3 is 0 Å². The van der Waals surface area contributed by atoms with Crippen LogP contribution in [0.1, 0.15) is 5.56 Å². The molecule has 0 saturated carbocycles. The summed E-state index contributed by atoms with van der Waals surface area (Å²) in [5.41, 5.74) is 1.33. The van der Waals surface area contributed by atoms with Gasteiger partial charge in [-0.25, -0.2) is 4.39 Å². The van der Waals surface area contributed by atoms with Crippen LogP contribution in [-0.2, 0) is 0 Å². The molecule has 0 saturated heterocycles. The molecule has 2 aromatic rings. The highest BCUT2D eigenvalue weighted by Gasteiger charge is 2.04. The number of halogens is 1. The summed E-state index contributed by atoms with van der Waals surface area (Å²) < 4.78 is 17.5. The molecule has 4 heteroatoms. The Morgan fingerprint density at radius 2 is 2.23 bits per heavy atom. The molecule has 1 heterocycles. The third-order valence-corrected chi connectivity index (χ3v) is 1.78. The SMILES string of the molecule is Cc1cc(-c2ncon2)ccc1F. The van der Waals surface area contributed by atoms with Gasteiger partial charge in [-0.05, 0) is 30.7 Å². The van der Waals surface area contributed by atoms with Gasteiger partial charge in [0.1, 0.15) is 5.82 Å². The highest BCUT2D eigenvalue weighted by Crippen LogP contribution is 2.17. The van der Waals surface area contributed by atoms with Crippen molar-refractivity contribution in [3.8, 4) is 11.4 Å². The smallest absolute Gasteiger partial charge is 0.214 e. The number of nitrogens with zero attached hydrogens (tertiary/aromatic N) is 2. The van der Waals surface area contributed by atoms with Gasteiger partial charge in [-0.3, -0.25) is 0 Å². The number of hydrogen-bond acceptors (Lipinski definition) is 3. The van der Waals surface area contributed by atoms with Gasteiger partial charge in [-0.2, -0.15) is 4.98 Å². The molecule has 0 radical (unpaired) electrons. The lowest BCUT2D eigenvalue weighted by Crippen LogP contribution is -1.85. The summed E-state index contributed by atoms with van der Waals surface area (Å²) in [5.74, 6) is 0.246. The Labute approximate surface area is 74.2 Å². The maximum absolute atomic E-state index is 12.9. The van der Waals surface area contributed by atoms with E-state index in [0.29, 0.717) is 11.4 Å². The zero-order chi connectivity index (χ0) is 9.26. The molecule has 0 unspecified atom stereocenters. The summed E-state index contributed by atoms with van der Waals surface area (Å²) >= 11 is 0. The second-order valence-corrected chi connectivity index (χ2v) is 2.72. The average molecular weight is 178 g/mol. The van der Waals surface area contributed by atoms with E-state index in [2.05, 4.69) is 14.7 Å². The van der Waals surface area contributed by atoms with E-state index >= 15 is 0 Å². The average Bonchev–Trinajstić information content (AvgIpc) is 2.62. The third kappa shape index (κ3) is 1.42. The summed E-state index contributed by atoms with van der Waals surface area (Å²) in [5, 5.41) is 3.65. The van der Waals surface area contributed by atoms with Crippen molar-refractivity contribution in [1.29, 1.82) is 0 Å². The van der Waals surface area contributed by atoms with Crippen LogP contribution in [0.25, 0.3) is 11.4 Å². The maximum Gasteiger partial charge on any atom is 0.214 e. The van der Waals surface area contributed by atoms with Crippen molar-refractivity contribution in [3.05, 3.63) is 36.0 Å². The van der Waals surface area contributed by atoms with E-state index in [0.717, 1.165) is 5.56 Å². The molecule has 0 N–H and O–H groups in total. The lowest BCUT2D eigenvalue weighted by atomic mass is 10.1. The van der Waals surface area contributed by atoms with Crippen molar-refractivity contribution in [2.24, 2.45) is 0 Å². The Balaban J connectivity index is 2.49. The standard InChI is InChI=1S/C9H7FN2O/c1-6-4-7(2-3-8(6)10)9-11-5-13-12-9/h2-5H,1H3. The number of hydrogen-bond donors (Lipinski definition) is 0. The van der Waals surface area contributed by atoms with Crippen molar-refractivity contribution in [3.63, 3.8) is 0 Å². The number of benzene rings is 1. The molecule has 0 aliphatic rings. The van der Waals surface area contributed by atoms with Crippen LogP contribution in [0.15, 0.2) is 29.1 Å². The summed E-state index contributed by atoms with van der Waals surface area (Å²) in [4.78, 5) is 3.86. The summed E-state index contributed by atoms with van der Waals surface area (Å²) in [6.07, 6.45) is 1.24. The van der Waals surface area contributed by atoms with Crippen LogP contribution in [-0.4, -0.2) is 10.1 Å². The molecule has 0 aliphatic heterocycles. The molecule has 13 heavy (non-hydrogen) atoms. The van der Waals surface area contributed by atoms with E-state index in [1.165, 1.54) is 12.5 Å². The van der Waals surface area contributed by atoms with Gasteiger partial charge in [0.2, 0.25) is 12.2 Å². The second kappa shape index (κ2) is 2.97. The number of rotatable bonds is 1. The molecule has 66 valence electrons. The topological polar surface area (TPSA) is 38.9 Å². The summed E-state index contributed by atoms with van der Waals surface area (Å²) in [6.45, 7) is 1.69. The maximum atomic E-state index is 12.9. The van der Waals surface area contributed by atoms with Crippen molar-refractivity contribution < 1.29 is 8.91 Å². The van der Waals surface area contributed by atoms with Crippen LogP contribution in [0, 0.1) is 12.7 Å². The highest BCUT2D eigenvalue weighted by molar-refractivity contribution is 5.55.